The highest BCUT2D eigenvalue weighted by Gasteiger charge is 2.13. The maximum atomic E-state index is 5.90. The third-order valence-corrected chi connectivity index (χ3v) is 4.21. The Morgan fingerprint density at radius 3 is 2.52 bits per heavy atom. The number of ether oxygens (including phenoxy) is 3. The average Bonchev–Trinajstić information content (AvgIpc) is 3.20. The first kappa shape index (κ1) is 16.9. The lowest BCUT2D eigenvalue weighted by Gasteiger charge is -2.07. The van der Waals surface area contributed by atoms with Crippen molar-refractivity contribution in [3.05, 3.63) is 66.6 Å². The molecule has 6 nitrogen and oxygen atoms in total. The molecule has 4 rings (SSSR count). The quantitative estimate of drug-likeness (QED) is 0.504. The first-order chi connectivity index (χ1) is 13.3. The normalized spacial score (nSPS) is 10.7. The van der Waals surface area contributed by atoms with Crippen molar-refractivity contribution in [1.29, 1.82) is 0 Å². The standard InChI is InChI=1S/C21H18N2O4/c1-24-18-11-10-15(12-19(18)25-2)21-22-20(27-23-21)13-26-17-9-5-7-14-6-3-4-8-16(14)17/h3-12H,13H2,1-2H3. The molecule has 0 radical (unpaired) electrons. The molecule has 1 heterocycles. The van der Waals surface area contributed by atoms with Crippen LogP contribution in [-0.2, 0) is 6.61 Å². The summed E-state index contributed by atoms with van der Waals surface area (Å²) in [6, 6.07) is 19.4. The van der Waals surface area contributed by atoms with E-state index in [1.807, 2.05) is 48.5 Å². The number of rotatable bonds is 6. The van der Waals surface area contributed by atoms with Gasteiger partial charge >= 0.3 is 0 Å². The minimum atomic E-state index is 0.189. The topological polar surface area (TPSA) is 66.6 Å². The van der Waals surface area contributed by atoms with Crippen LogP contribution < -0.4 is 14.2 Å². The molecule has 6 heteroatoms. The Morgan fingerprint density at radius 1 is 0.852 bits per heavy atom. The predicted molar refractivity (Wildman–Crippen MR) is 101 cm³/mol. The second-order valence-electron chi connectivity index (χ2n) is 5.85. The van der Waals surface area contributed by atoms with Crippen molar-refractivity contribution < 1.29 is 18.7 Å². The molecule has 0 saturated heterocycles. The Hall–Kier alpha value is -3.54. The zero-order valence-corrected chi connectivity index (χ0v) is 15.0. The van der Waals surface area contributed by atoms with E-state index < -0.39 is 0 Å². The Morgan fingerprint density at radius 2 is 1.67 bits per heavy atom. The van der Waals surface area contributed by atoms with Gasteiger partial charge in [-0.2, -0.15) is 4.98 Å². The van der Waals surface area contributed by atoms with E-state index in [-0.39, 0.29) is 6.61 Å². The van der Waals surface area contributed by atoms with Crippen molar-refractivity contribution in [2.24, 2.45) is 0 Å². The zero-order valence-electron chi connectivity index (χ0n) is 15.0. The lowest BCUT2D eigenvalue weighted by atomic mass is 10.1. The molecule has 0 atom stereocenters. The number of benzene rings is 3. The molecule has 0 bridgehead atoms. The summed E-state index contributed by atoms with van der Waals surface area (Å²) in [7, 11) is 3.18. The SMILES string of the molecule is COc1ccc(-c2noc(COc3cccc4ccccc34)n2)cc1OC. The largest absolute Gasteiger partial charge is 0.493 e. The summed E-state index contributed by atoms with van der Waals surface area (Å²) in [4.78, 5) is 4.41. The molecular formula is C21H18N2O4. The summed E-state index contributed by atoms with van der Waals surface area (Å²) < 4.78 is 21.8. The zero-order chi connectivity index (χ0) is 18.6. The summed E-state index contributed by atoms with van der Waals surface area (Å²) in [5.41, 5.74) is 0.771. The molecule has 136 valence electrons. The van der Waals surface area contributed by atoms with Crippen LogP contribution in [0.25, 0.3) is 22.2 Å². The number of nitrogens with zero attached hydrogens (tertiary/aromatic N) is 2. The van der Waals surface area contributed by atoms with Crippen LogP contribution >= 0.6 is 0 Å². The molecule has 0 aliphatic heterocycles. The van der Waals surface area contributed by atoms with Crippen LogP contribution in [0.4, 0.5) is 0 Å². The van der Waals surface area contributed by atoms with Gasteiger partial charge in [0.25, 0.3) is 5.89 Å². The fourth-order valence-electron chi connectivity index (χ4n) is 2.87. The molecule has 0 aliphatic rings. The van der Waals surface area contributed by atoms with Crippen LogP contribution in [0.3, 0.4) is 0 Å². The lowest BCUT2D eigenvalue weighted by Crippen LogP contribution is -1.96. The Balaban J connectivity index is 1.53. The molecule has 3 aromatic carbocycles. The number of hydrogen-bond donors (Lipinski definition) is 0. The molecule has 1 aromatic heterocycles. The highest BCUT2D eigenvalue weighted by Crippen LogP contribution is 2.31. The monoisotopic (exact) mass is 362 g/mol. The molecule has 27 heavy (non-hydrogen) atoms. The molecular weight excluding hydrogens is 344 g/mol. The van der Waals surface area contributed by atoms with E-state index >= 15 is 0 Å². The summed E-state index contributed by atoms with van der Waals surface area (Å²) >= 11 is 0. The summed E-state index contributed by atoms with van der Waals surface area (Å²) in [6.45, 7) is 0.189. The number of hydrogen-bond acceptors (Lipinski definition) is 6. The molecule has 0 unspecified atom stereocenters. The van der Waals surface area contributed by atoms with Gasteiger partial charge in [-0.3, -0.25) is 0 Å². The Bertz CT molecular complexity index is 1070. The van der Waals surface area contributed by atoms with Gasteiger partial charge in [0.05, 0.1) is 14.2 Å². The predicted octanol–water partition coefficient (Wildman–Crippen LogP) is 4.49. The third-order valence-electron chi connectivity index (χ3n) is 4.21. The second kappa shape index (κ2) is 7.37. The first-order valence-electron chi connectivity index (χ1n) is 8.44. The summed E-state index contributed by atoms with van der Waals surface area (Å²) in [6.07, 6.45) is 0. The lowest BCUT2D eigenvalue weighted by molar-refractivity contribution is 0.245. The van der Waals surface area contributed by atoms with Crippen LogP contribution in [0.1, 0.15) is 5.89 Å². The van der Waals surface area contributed by atoms with Gasteiger partial charge in [0.15, 0.2) is 18.1 Å². The van der Waals surface area contributed by atoms with Crippen molar-refractivity contribution in [3.63, 3.8) is 0 Å². The van der Waals surface area contributed by atoms with E-state index in [9.17, 15) is 0 Å². The fourth-order valence-corrected chi connectivity index (χ4v) is 2.87. The van der Waals surface area contributed by atoms with E-state index in [2.05, 4.69) is 10.1 Å². The molecule has 0 aliphatic carbocycles. The van der Waals surface area contributed by atoms with E-state index in [1.165, 1.54) is 0 Å². The van der Waals surface area contributed by atoms with Crippen LogP contribution in [0, 0.1) is 0 Å². The third kappa shape index (κ3) is 3.42. The van der Waals surface area contributed by atoms with Crippen molar-refractivity contribution >= 4 is 10.8 Å². The molecule has 0 N–H and O–H groups in total. The number of methoxy groups -OCH3 is 2. The molecule has 4 aromatic rings. The van der Waals surface area contributed by atoms with Gasteiger partial charge in [0.2, 0.25) is 5.82 Å². The van der Waals surface area contributed by atoms with Gasteiger partial charge in [0.1, 0.15) is 5.75 Å². The van der Waals surface area contributed by atoms with Crippen molar-refractivity contribution in [1.82, 2.24) is 10.1 Å². The minimum absolute atomic E-state index is 0.189. The van der Waals surface area contributed by atoms with Crippen molar-refractivity contribution in [3.8, 4) is 28.6 Å². The number of aromatic nitrogens is 2. The van der Waals surface area contributed by atoms with E-state index in [0.717, 1.165) is 22.1 Å². The highest BCUT2D eigenvalue weighted by molar-refractivity contribution is 5.88. The fraction of sp³-hybridized carbons (Fsp3) is 0.143. The Kier molecular flexibility index (Phi) is 4.61. The smallest absolute Gasteiger partial charge is 0.264 e. The van der Waals surface area contributed by atoms with Gasteiger partial charge in [-0.15, -0.1) is 0 Å². The molecule has 0 amide bonds. The van der Waals surface area contributed by atoms with Gasteiger partial charge in [-0.1, -0.05) is 41.6 Å². The average molecular weight is 362 g/mol. The van der Waals surface area contributed by atoms with Crippen molar-refractivity contribution in [2.75, 3.05) is 14.2 Å². The second-order valence-corrected chi connectivity index (χ2v) is 5.85. The van der Waals surface area contributed by atoms with Gasteiger partial charge in [-0.25, -0.2) is 0 Å². The van der Waals surface area contributed by atoms with E-state index in [0.29, 0.717) is 23.2 Å². The van der Waals surface area contributed by atoms with Crippen LogP contribution in [0.15, 0.2) is 65.2 Å². The van der Waals surface area contributed by atoms with Gasteiger partial charge in [0, 0.05) is 10.9 Å². The molecule has 0 fully saturated rings. The summed E-state index contributed by atoms with van der Waals surface area (Å²) in [5.74, 6) is 2.89. The first-order valence-corrected chi connectivity index (χ1v) is 8.44. The Labute approximate surface area is 156 Å². The van der Waals surface area contributed by atoms with E-state index in [1.54, 1.807) is 26.4 Å². The minimum Gasteiger partial charge on any atom is -0.493 e. The number of fused-ring (bicyclic) bond motifs is 1. The molecule has 0 spiro atoms. The van der Waals surface area contributed by atoms with Crippen LogP contribution in [-0.4, -0.2) is 24.4 Å². The maximum Gasteiger partial charge on any atom is 0.264 e. The maximum absolute atomic E-state index is 5.90. The van der Waals surface area contributed by atoms with Crippen LogP contribution in [0.5, 0.6) is 17.2 Å². The van der Waals surface area contributed by atoms with Crippen LogP contribution in [0.2, 0.25) is 0 Å². The van der Waals surface area contributed by atoms with Gasteiger partial charge in [-0.05, 0) is 29.7 Å². The summed E-state index contributed by atoms with van der Waals surface area (Å²) in [5, 5.41) is 6.19. The van der Waals surface area contributed by atoms with Gasteiger partial charge < -0.3 is 18.7 Å². The molecule has 0 saturated carbocycles. The van der Waals surface area contributed by atoms with Crippen molar-refractivity contribution in [2.45, 2.75) is 6.61 Å². The van der Waals surface area contributed by atoms with E-state index in [4.69, 9.17) is 18.7 Å². The highest BCUT2D eigenvalue weighted by atomic mass is 16.5.